The van der Waals surface area contributed by atoms with Crippen molar-refractivity contribution in [3.8, 4) is 11.8 Å². The molecular weight excluding hydrogens is 332 g/mol. The number of carbonyl (C=O) groups excluding carboxylic acids is 1. The standard InChI is InChI=1S/C24H26N2O/c1-18-6-3-8-20(25-18)10-13-23-11-5-12-24(17-23,15-14-23)16-22(27)21-9-4-7-19(2)26-21/h3-4,6-9H,5,11-12,14-17H2,1-2H3. The highest BCUT2D eigenvalue weighted by molar-refractivity contribution is 5.94. The molecular formula is C24H26N2O. The Bertz CT molecular complexity index is 939. The van der Waals surface area contributed by atoms with Crippen LogP contribution in [0, 0.1) is 36.5 Å². The fraction of sp³-hybridized carbons (Fsp3) is 0.458. The van der Waals surface area contributed by atoms with E-state index in [1.165, 1.54) is 0 Å². The SMILES string of the molecule is Cc1cccc(C#CC23CCCC(CC(=O)c4cccc(C)n4)(CC2)C3)n1. The Labute approximate surface area is 161 Å². The molecule has 0 N–H and O–H groups in total. The predicted octanol–water partition coefficient (Wildman–Crippen LogP) is 5.06. The van der Waals surface area contributed by atoms with E-state index in [9.17, 15) is 4.79 Å². The summed E-state index contributed by atoms with van der Waals surface area (Å²) in [5.41, 5.74) is 3.54. The number of aryl methyl sites for hydroxylation is 2. The first-order chi connectivity index (χ1) is 13.0. The monoisotopic (exact) mass is 358 g/mol. The largest absolute Gasteiger partial charge is 0.292 e. The summed E-state index contributed by atoms with van der Waals surface area (Å²) in [5.74, 6) is 7.09. The predicted molar refractivity (Wildman–Crippen MR) is 106 cm³/mol. The van der Waals surface area contributed by atoms with Gasteiger partial charge in [-0.25, -0.2) is 4.98 Å². The number of hydrogen-bond acceptors (Lipinski definition) is 3. The van der Waals surface area contributed by atoms with Gasteiger partial charge in [-0.2, -0.15) is 0 Å². The van der Waals surface area contributed by atoms with E-state index in [-0.39, 0.29) is 16.6 Å². The molecule has 2 bridgehead atoms. The van der Waals surface area contributed by atoms with E-state index >= 15 is 0 Å². The maximum absolute atomic E-state index is 12.9. The van der Waals surface area contributed by atoms with E-state index in [0.29, 0.717) is 12.1 Å². The number of pyridine rings is 2. The lowest BCUT2D eigenvalue weighted by atomic mass is 9.67. The average Bonchev–Trinajstić information content (AvgIpc) is 2.90. The fourth-order valence-electron chi connectivity index (χ4n) is 4.97. The summed E-state index contributed by atoms with van der Waals surface area (Å²) in [6, 6.07) is 11.7. The third-order valence-corrected chi connectivity index (χ3v) is 6.26. The van der Waals surface area contributed by atoms with Gasteiger partial charge in [0.15, 0.2) is 5.78 Å². The number of fused-ring (bicyclic) bond motifs is 2. The summed E-state index contributed by atoms with van der Waals surface area (Å²) in [7, 11) is 0. The Morgan fingerprint density at radius 1 is 1.00 bits per heavy atom. The summed E-state index contributed by atoms with van der Waals surface area (Å²) < 4.78 is 0. The van der Waals surface area contributed by atoms with Gasteiger partial charge in [0.2, 0.25) is 0 Å². The molecule has 138 valence electrons. The van der Waals surface area contributed by atoms with Crippen LogP contribution in [0.2, 0.25) is 0 Å². The van der Waals surface area contributed by atoms with Gasteiger partial charge in [0.05, 0.1) is 0 Å². The quantitative estimate of drug-likeness (QED) is 0.569. The smallest absolute Gasteiger partial charge is 0.181 e. The van der Waals surface area contributed by atoms with Crippen molar-refractivity contribution >= 4 is 5.78 Å². The molecule has 0 spiro atoms. The zero-order valence-corrected chi connectivity index (χ0v) is 16.2. The Hall–Kier alpha value is -2.47. The Balaban J connectivity index is 1.52. The molecule has 2 saturated carbocycles. The molecule has 2 fully saturated rings. The van der Waals surface area contributed by atoms with Crippen molar-refractivity contribution in [1.82, 2.24) is 9.97 Å². The number of rotatable bonds is 3. The molecule has 2 aromatic heterocycles. The van der Waals surface area contributed by atoms with Gasteiger partial charge in [-0.05, 0) is 81.6 Å². The van der Waals surface area contributed by atoms with E-state index in [1.54, 1.807) is 0 Å². The van der Waals surface area contributed by atoms with Crippen molar-refractivity contribution in [2.24, 2.45) is 10.8 Å². The van der Waals surface area contributed by atoms with E-state index in [1.807, 2.05) is 50.2 Å². The first-order valence-corrected chi connectivity index (χ1v) is 9.92. The van der Waals surface area contributed by atoms with Crippen LogP contribution < -0.4 is 0 Å². The molecule has 0 aromatic carbocycles. The third-order valence-electron chi connectivity index (χ3n) is 6.26. The molecule has 27 heavy (non-hydrogen) atoms. The first-order valence-electron chi connectivity index (χ1n) is 9.92. The Morgan fingerprint density at radius 2 is 1.78 bits per heavy atom. The lowest BCUT2D eigenvalue weighted by molar-refractivity contribution is 0.0857. The van der Waals surface area contributed by atoms with Crippen molar-refractivity contribution < 1.29 is 4.79 Å². The van der Waals surface area contributed by atoms with Crippen LogP contribution in [0.3, 0.4) is 0 Å². The highest BCUT2D eigenvalue weighted by Gasteiger charge is 2.51. The van der Waals surface area contributed by atoms with Gasteiger partial charge in [-0.1, -0.05) is 24.5 Å². The summed E-state index contributed by atoms with van der Waals surface area (Å²) in [6.07, 6.45) is 7.28. The molecule has 2 aromatic rings. The Morgan fingerprint density at radius 3 is 2.56 bits per heavy atom. The maximum atomic E-state index is 12.9. The molecule has 0 saturated heterocycles. The van der Waals surface area contributed by atoms with Gasteiger partial charge in [0.25, 0.3) is 0 Å². The van der Waals surface area contributed by atoms with E-state index in [4.69, 9.17) is 0 Å². The van der Waals surface area contributed by atoms with Crippen LogP contribution in [0.25, 0.3) is 0 Å². The summed E-state index contributed by atoms with van der Waals surface area (Å²) in [6.45, 7) is 3.93. The van der Waals surface area contributed by atoms with Crippen LogP contribution in [-0.2, 0) is 0 Å². The second-order valence-electron chi connectivity index (χ2n) is 8.49. The maximum Gasteiger partial charge on any atom is 0.181 e. The minimum atomic E-state index is 0.0595. The number of nitrogens with zero attached hydrogens (tertiary/aromatic N) is 2. The molecule has 0 amide bonds. The average molecular weight is 358 g/mol. The molecule has 0 radical (unpaired) electrons. The number of carbonyl (C=O) groups is 1. The minimum Gasteiger partial charge on any atom is -0.292 e. The lowest BCUT2D eigenvalue weighted by Crippen LogP contribution is -2.29. The van der Waals surface area contributed by atoms with Gasteiger partial charge in [-0.3, -0.25) is 9.78 Å². The van der Waals surface area contributed by atoms with Gasteiger partial charge < -0.3 is 0 Å². The van der Waals surface area contributed by atoms with Crippen molar-refractivity contribution in [3.63, 3.8) is 0 Å². The van der Waals surface area contributed by atoms with Crippen LogP contribution in [0.15, 0.2) is 36.4 Å². The highest BCUT2D eigenvalue weighted by Crippen LogP contribution is 2.60. The number of Topliss-reactive ketones (excluding diaryl/α,β-unsaturated/α-hetero) is 1. The summed E-state index contributed by atoms with van der Waals surface area (Å²) in [5, 5.41) is 0. The molecule has 2 heterocycles. The lowest BCUT2D eigenvalue weighted by Gasteiger charge is -2.36. The summed E-state index contributed by atoms with van der Waals surface area (Å²) >= 11 is 0. The highest BCUT2D eigenvalue weighted by atomic mass is 16.1. The van der Waals surface area contributed by atoms with E-state index < -0.39 is 0 Å². The number of hydrogen-bond donors (Lipinski definition) is 0. The van der Waals surface area contributed by atoms with Crippen molar-refractivity contribution in [3.05, 3.63) is 59.2 Å². The van der Waals surface area contributed by atoms with Crippen molar-refractivity contribution in [2.45, 2.75) is 58.8 Å². The molecule has 3 nitrogen and oxygen atoms in total. The minimum absolute atomic E-state index is 0.0595. The normalized spacial score (nSPS) is 26.3. The molecule has 2 aliphatic carbocycles. The van der Waals surface area contributed by atoms with Crippen LogP contribution in [0.1, 0.15) is 72.5 Å². The van der Waals surface area contributed by atoms with Crippen molar-refractivity contribution in [1.29, 1.82) is 0 Å². The van der Waals surface area contributed by atoms with E-state index in [2.05, 4.69) is 21.8 Å². The van der Waals surface area contributed by atoms with Gasteiger partial charge in [-0.15, -0.1) is 0 Å². The van der Waals surface area contributed by atoms with Gasteiger partial charge in [0, 0.05) is 23.2 Å². The zero-order chi connectivity index (χ0) is 18.9. The van der Waals surface area contributed by atoms with Crippen molar-refractivity contribution in [2.75, 3.05) is 0 Å². The number of ketones is 1. The molecule has 4 rings (SSSR count). The topological polar surface area (TPSA) is 42.9 Å². The van der Waals surface area contributed by atoms with Crippen LogP contribution in [-0.4, -0.2) is 15.8 Å². The Kier molecular flexibility index (Phi) is 4.60. The summed E-state index contributed by atoms with van der Waals surface area (Å²) in [4.78, 5) is 21.8. The number of aromatic nitrogens is 2. The van der Waals surface area contributed by atoms with Gasteiger partial charge in [0.1, 0.15) is 11.4 Å². The molecule has 3 heteroatoms. The van der Waals surface area contributed by atoms with Gasteiger partial charge >= 0.3 is 0 Å². The zero-order valence-electron chi connectivity index (χ0n) is 16.2. The molecule has 2 unspecified atom stereocenters. The van der Waals surface area contributed by atoms with E-state index in [0.717, 1.165) is 55.6 Å². The second-order valence-corrected chi connectivity index (χ2v) is 8.49. The second kappa shape index (κ2) is 6.93. The molecule has 2 atom stereocenters. The first kappa shape index (κ1) is 17.9. The third kappa shape index (κ3) is 3.81. The molecule has 0 aliphatic heterocycles. The van der Waals surface area contributed by atoms with Crippen LogP contribution >= 0.6 is 0 Å². The molecule has 2 aliphatic rings. The van der Waals surface area contributed by atoms with Crippen LogP contribution in [0.5, 0.6) is 0 Å². The fourth-order valence-corrected chi connectivity index (χ4v) is 4.97. The van der Waals surface area contributed by atoms with Crippen LogP contribution in [0.4, 0.5) is 0 Å².